The van der Waals surface area contributed by atoms with Crippen LogP contribution >= 0.6 is 0 Å². The maximum atomic E-state index is 5.68. The van der Waals surface area contributed by atoms with Gasteiger partial charge in [0.05, 0.1) is 0 Å². The Morgan fingerprint density at radius 1 is 1.60 bits per heavy atom. The van der Waals surface area contributed by atoms with Gasteiger partial charge in [0.15, 0.2) is 0 Å². The molecule has 0 radical (unpaired) electrons. The van der Waals surface area contributed by atoms with Gasteiger partial charge in [-0.3, -0.25) is 0 Å². The first-order valence-corrected chi connectivity index (χ1v) is 4.22. The molecule has 0 aliphatic heterocycles. The van der Waals surface area contributed by atoms with Crippen molar-refractivity contribution in [1.29, 1.82) is 0 Å². The van der Waals surface area contributed by atoms with Crippen LogP contribution in [0.5, 0.6) is 0 Å². The van der Waals surface area contributed by atoms with E-state index >= 15 is 0 Å². The Morgan fingerprint density at radius 2 is 2.40 bits per heavy atom. The molecule has 58 valence electrons. The van der Waals surface area contributed by atoms with E-state index in [2.05, 4.69) is 13.0 Å². The molecule has 0 amide bonds. The van der Waals surface area contributed by atoms with E-state index in [1.54, 1.807) is 5.57 Å². The minimum atomic E-state index is 0.351. The molecule has 1 nitrogen and oxygen atoms in total. The number of nitrogens with two attached hydrogens (primary N) is 1. The molecule has 0 saturated carbocycles. The molecular formula is C9H17N. The van der Waals surface area contributed by atoms with Crippen LogP contribution in [0.3, 0.4) is 0 Å². The highest BCUT2D eigenvalue weighted by Gasteiger charge is 2.04. The van der Waals surface area contributed by atoms with Crippen LogP contribution < -0.4 is 5.73 Å². The van der Waals surface area contributed by atoms with E-state index < -0.39 is 0 Å². The summed E-state index contributed by atoms with van der Waals surface area (Å²) < 4.78 is 0. The molecule has 0 aromatic heterocycles. The lowest BCUT2D eigenvalue weighted by atomic mass is 9.95. The largest absolute Gasteiger partial charge is 0.328 e. The van der Waals surface area contributed by atoms with E-state index in [1.807, 2.05) is 0 Å². The molecule has 0 aromatic rings. The van der Waals surface area contributed by atoms with Crippen molar-refractivity contribution in [3.63, 3.8) is 0 Å². The van der Waals surface area contributed by atoms with Crippen molar-refractivity contribution in [2.45, 2.75) is 45.1 Å². The first-order valence-electron chi connectivity index (χ1n) is 4.22. The minimum Gasteiger partial charge on any atom is -0.328 e. The third-order valence-electron chi connectivity index (χ3n) is 1.97. The van der Waals surface area contributed by atoms with Crippen molar-refractivity contribution in [2.24, 2.45) is 5.73 Å². The van der Waals surface area contributed by atoms with Gasteiger partial charge in [0.1, 0.15) is 0 Å². The fraction of sp³-hybridized carbons (Fsp3) is 0.778. The van der Waals surface area contributed by atoms with Gasteiger partial charge in [-0.15, -0.1) is 0 Å². The number of rotatable bonds is 2. The average molecular weight is 139 g/mol. The van der Waals surface area contributed by atoms with Crippen LogP contribution in [0.2, 0.25) is 0 Å². The fourth-order valence-electron chi connectivity index (χ4n) is 1.50. The van der Waals surface area contributed by atoms with Crippen LogP contribution in [0.4, 0.5) is 0 Å². The lowest BCUT2D eigenvalue weighted by Crippen LogP contribution is -2.15. The van der Waals surface area contributed by atoms with Crippen molar-refractivity contribution >= 4 is 0 Å². The molecule has 10 heavy (non-hydrogen) atoms. The molecule has 0 saturated heterocycles. The Kier molecular flexibility index (Phi) is 2.94. The van der Waals surface area contributed by atoms with Gasteiger partial charge in [-0.2, -0.15) is 0 Å². The summed E-state index contributed by atoms with van der Waals surface area (Å²) in [4.78, 5) is 0. The molecule has 1 unspecified atom stereocenters. The summed E-state index contributed by atoms with van der Waals surface area (Å²) in [5.41, 5.74) is 7.27. The van der Waals surface area contributed by atoms with Gasteiger partial charge in [0, 0.05) is 6.04 Å². The van der Waals surface area contributed by atoms with E-state index in [4.69, 9.17) is 5.73 Å². The SMILES string of the molecule is CC(N)CC1=CCCCC1. The maximum Gasteiger partial charge on any atom is 0.00476 e. The zero-order valence-electron chi connectivity index (χ0n) is 6.77. The summed E-state index contributed by atoms with van der Waals surface area (Å²) in [5, 5.41) is 0. The summed E-state index contributed by atoms with van der Waals surface area (Å²) in [6.07, 6.45) is 8.80. The third kappa shape index (κ3) is 2.53. The quantitative estimate of drug-likeness (QED) is 0.583. The second-order valence-electron chi connectivity index (χ2n) is 3.29. The summed E-state index contributed by atoms with van der Waals surface area (Å²) in [6, 6.07) is 0.351. The highest BCUT2D eigenvalue weighted by molar-refractivity contribution is 5.06. The van der Waals surface area contributed by atoms with Gasteiger partial charge < -0.3 is 5.73 Å². The molecule has 0 bridgehead atoms. The van der Waals surface area contributed by atoms with Gasteiger partial charge in [-0.1, -0.05) is 11.6 Å². The highest BCUT2D eigenvalue weighted by atomic mass is 14.6. The molecule has 0 aromatic carbocycles. The van der Waals surface area contributed by atoms with Crippen molar-refractivity contribution in [2.75, 3.05) is 0 Å². The molecule has 2 N–H and O–H groups in total. The smallest absolute Gasteiger partial charge is 0.00476 e. The first-order chi connectivity index (χ1) is 4.79. The third-order valence-corrected chi connectivity index (χ3v) is 1.97. The van der Waals surface area contributed by atoms with Crippen LogP contribution in [-0.4, -0.2) is 6.04 Å². The summed E-state index contributed by atoms with van der Waals surface area (Å²) in [6.45, 7) is 2.08. The predicted molar refractivity (Wildman–Crippen MR) is 44.8 cm³/mol. The Hall–Kier alpha value is -0.300. The molecular weight excluding hydrogens is 122 g/mol. The predicted octanol–water partition coefficient (Wildman–Crippen LogP) is 2.22. The Balaban J connectivity index is 2.31. The normalized spacial score (nSPS) is 22.0. The van der Waals surface area contributed by atoms with Crippen LogP contribution in [-0.2, 0) is 0 Å². The zero-order chi connectivity index (χ0) is 7.40. The molecule has 1 rings (SSSR count). The lowest BCUT2D eigenvalue weighted by molar-refractivity contribution is 0.635. The van der Waals surface area contributed by atoms with Crippen molar-refractivity contribution in [3.8, 4) is 0 Å². The Labute approximate surface area is 63.3 Å². The molecule has 1 atom stereocenters. The van der Waals surface area contributed by atoms with Gasteiger partial charge in [-0.25, -0.2) is 0 Å². The average Bonchev–Trinajstić information content (AvgIpc) is 1.88. The van der Waals surface area contributed by atoms with Crippen LogP contribution in [0, 0.1) is 0 Å². The second-order valence-corrected chi connectivity index (χ2v) is 3.29. The zero-order valence-corrected chi connectivity index (χ0v) is 6.77. The second kappa shape index (κ2) is 3.77. The number of hydrogen-bond donors (Lipinski definition) is 1. The van der Waals surface area contributed by atoms with E-state index in [0.717, 1.165) is 6.42 Å². The summed E-state index contributed by atoms with van der Waals surface area (Å²) >= 11 is 0. The van der Waals surface area contributed by atoms with Crippen molar-refractivity contribution in [1.82, 2.24) is 0 Å². The molecule has 0 spiro atoms. The van der Waals surface area contributed by atoms with E-state index in [1.165, 1.54) is 25.7 Å². The van der Waals surface area contributed by atoms with Gasteiger partial charge in [0.25, 0.3) is 0 Å². The molecule has 1 heteroatoms. The van der Waals surface area contributed by atoms with Gasteiger partial charge in [-0.05, 0) is 39.0 Å². The van der Waals surface area contributed by atoms with Gasteiger partial charge in [0.2, 0.25) is 0 Å². The van der Waals surface area contributed by atoms with Crippen molar-refractivity contribution in [3.05, 3.63) is 11.6 Å². The standard InChI is InChI=1S/C9H17N/c1-8(10)7-9-5-3-2-4-6-9/h5,8H,2-4,6-7,10H2,1H3. The topological polar surface area (TPSA) is 26.0 Å². The monoisotopic (exact) mass is 139 g/mol. The Morgan fingerprint density at radius 3 is 2.90 bits per heavy atom. The minimum absolute atomic E-state index is 0.351. The van der Waals surface area contributed by atoms with Crippen molar-refractivity contribution < 1.29 is 0 Å². The van der Waals surface area contributed by atoms with Gasteiger partial charge >= 0.3 is 0 Å². The summed E-state index contributed by atoms with van der Waals surface area (Å²) in [5.74, 6) is 0. The molecule has 0 fully saturated rings. The number of hydrogen-bond acceptors (Lipinski definition) is 1. The van der Waals surface area contributed by atoms with Crippen LogP contribution in [0.15, 0.2) is 11.6 Å². The molecule has 1 aliphatic carbocycles. The van der Waals surface area contributed by atoms with E-state index in [9.17, 15) is 0 Å². The highest BCUT2D eigenvalue weighted by Crippen LogP contribution is 2.20. The fourth-order valence-corrected chi connectivity index (χ4v) is 1.50. The van der Waals surface area contributed by atoms with Crippen LogP contribution in [0.1, 0.15) is 39.0 Å². The Bertz CT molecular complexity index is 125. The van der Waals surface area contributed by atoms with E-state index in [0.29, 0.717) is 6.04 Å². The van der Waals surface area contributed by atoms with E-state index in [-0.39, 0.29) is 0 Å². The molecule has 1 aliphatic rings. The molecule has 0 heterocycles. The summed E-state index contributed by atoms with van der Waals surface area (Å²) in [7, 11) is 0. The van der Waals surface area contributed by atoms with Crippen LogP contribution in [0.25, 0.3) is 0 Å². The first kappa shape index (κ1) is 7.80. The maximum absolute atomic E-state index is 5.68. The number of allylic oxidation sites excluding steroid dienone is 1. The lowest BCUT2D eigenvalue weighted by Gasteiger charge is -2.13.